The zero-order chi connectivity index (χ0) is 18.4. The fourth-order valence-electron chi connectivity index (χ4n) is 2.18. The molecule has 8 heteroatoms. The summed E-state index contributed by atoms with van der Waals surface area (Å²) in [5.41, 5.74) is 0.844. The van der Waals surface area contributed by atoms with E-state index in [4.69, 9.17) is 19.3 Å². The molecule has 2 rings (SSSR count). The Labute approximate surface area is 144 Å². The molecular weight excluding hydrogens is 328 g/mol. The Morgan fingerprint density at radius 1 is 0.880 bits per heavy atom. The van der Waals surface area contributed by atoms with Crippen LogP contribution in [0.4, 0.5) is 16.2 Å². The van der Waals surface area contributed by atoms with Gasteiger partial charge in [0, 0.05) is 17.8 Å². The number of carbonyl (C=O) groups is 2. The second-order valence-electron chi connectivity index (χ2n) is 4.88. The van der Waals surface area contributed by atoms with E-state index < -0.39 is 12.0 Å². The number of methoxy groups -OCH3 is 3. The minimum Gasteiger partial charge on any atom is -0.493 e. The number of urea groups is 1. The van der Waals surface area contributed by atoms with Gasteiger partial charge in [-0.1, -0.05) is 6.07 Å². The molecule has 0 saturated carbocycles. The second kappa shape index (κ2) is 7.91. The van der Waals surface area contributed by atoms with Crippen molar-refractivity contribution in [1.29, 1.82) is 0 Å². The molecule has 0 saturated heterocycles. The molecule has 3 N–H and O–H groups in total. The molecule has 0 unspecified atom stereocenters. The average Bonchev–Trinajstić information content (AvgIpc) is 2.60. The maximum absolute atomic E-state index is 12.1. The van der Waals surface area contributed by atoms with Gasteiger partial charge >= 0.3 is 12.0 Å². The van der Waals surface area contributed by atoms with Crippen molar-refractivity contribution in [1.82, 2.24) is 0 Å². The molecule has 0 aromatic heterocycles. The number of benzene rings is 2. The largest absolute Gasteiger partial charge is 0.493 e. The lowest BCUT2D eigenvalue weighted by atomic mass is 10.2. The van der Waals surface area contributed by atoms with Gasteiger partial charge in [-0.05, 0) is 18.2 Å². The number of nitrogens with one attached hydrogen (secondary N) is 2. The average molecular weight is 346 g/mol. The van der Waals surface area contributed by atoms with Gasteiger partial charge < -0.3 is 30.0 Å². The van der Waals surface area contributed by atoms with E-state index in [1.54, 1.807) is 24.3 Å². The van der Waals surface area contributed by atoms with Gasteiger partial charge in [-0.3, -0.25) is 0 Å². The van der Waals surface area contributed by atoms with Crippen molar-refractivity contribution < 1.29 is 28.9 Å². The van der Waals surface area contributed by atoms with Gasteiger partial charge in [0.25, 0.3) is 0 Å². The smallest absolute Gasteiger partial charge is 0.335 e. The van der Waals surface area contributed by atoms with E-state index in [1.807, 2.05) is 0 Å². The maximum Gasteiger partial charge on any atom is 0.335 e. The Morgan fingerprint density at radius 2 is 1.48 bits per heavy atom. The summed E-state index contributed by atoms with van der Waals surface area (Å²) in [7, 11) is 4.42. The van der Waals surface area contributed by atoms with Crippen molar-refractivity contribution >= 4 is 23.4 Å². The standard InChI is InChI=1S/C17H18N2O6/c1-23-13-8-12(9-14(24-2)15(13)25-3)19-17(22)18-11-6-4-5-10(7-11)16(20)21/h4-9H,1-3H3,(H,20,21)(H2,18,19,22). The number of anilines is 2. The molecule has 0 bridgehead atoms. The van der Waals surface area contributed by atoms with Crippen LogP contribution in [0, 0.1) is 0 Å². The van der Waals surface area contributed by atoms with Crippen molar-refractivity contribution in [2.45, 2.75) is 0 Å². The van der Waals surface area contributed by atoms with Crippen LogP contribution in [0.1, 0.15) is 10.4 Å². The minimum absolute atomic E-state index is 0.0746. The van der Waals surface area contributed by atoms with Crippen LogP contribution in [0.15, 0.2) is 36.4 Å². The van der Waals surface area contributed by atoms with Gasteiger partial charge in [0.2, 0.25) is 5.75 Å². The predicted octanol–water partition coefficient (Wildman–Crippen LogP) is 3.05. The number of amides is 2. The summed E-state index contributed by atoms with van der Waals surface area (Å²) < 4.78 is 15.7. The summed E-state index contributed by atoms with van der Waals surface area (Å²) in [6.07, 6.45) is 0. The third-order valence-electron chi connectivity index (χ3n) is 3.29. The molecule has 25 heavy (non-hydrogen) atoms. The predicted molar refractivity (Wildman–Crippen MR) is 92.1 cm³/mol. The molecule has 2 aromatic rings. The molecule has 0 fully saturated rings. The van der Waals surface area contributed by atoms with E-state index in [0.717, 1.165) is 0 Å². The van der Waals surface area contributed by atoms with E-state index >= 15 is 0 Å². The van der Waals surface area contributed by atoms with Crippen LogP contribution in [0.5, 0.6) is 17.2 Å². The van der Waals surface area contributed by atoms with Gasteiger partial charge in [-0.25, -0.2) is 9.59 Å². The van der Waals surface area contributed by atoms with Crippen LogP contribution in [0.3, 0.4) is 0 Å². The summed E-state index contributed by atoms with van der Waals surface area (Å²) in [5, 5.41) is 14.2. The number of aromatic carboxylic acids is 1. The molecule has 0 aliphatic rings. The number of hydrogen-bond acceptors (Lipinski definition) is 5. The first-order valence-corrected chi connectivity index (χ1v) is 7.20. The molecule has 8 nitrogen and oxygen atoms in total. The lowest BCUT2D eigenvalue weighted by Crippen LogP contribution is -2.19. The quantitative estimate of drug-likeness (QED) is 0.742. The van der Waals surface area contributed by atoms with Gasteiger partial charge in [0.05, 0.1) is 32.6 Å². The third-order valence-corrected chi connectivity index (χ3v) is 3.29. The molecule has 0 atom stereocenters. The highest BCUT2D eigenvalue weighted by atomic mass is 16.5. The molecule has 2 aromatic carbocycles. The number of carboxylic acids is 1. The van der Waals surface area contributed by atoms with Gasteiger partial charge in [-0.15, -0.1) is 0 Å². The number of hydrogen-bond donors (Lipinski definition) is 3. The van der Waals surface area contributed by atoms with Gasteiger partial charge in [0.15, 0.2) is 11.5 Å². The lowest BCUT2D eigenvalue weighted by molar-refractivity contribution is 0.0697. The zero-order valence-corrected chi connectivity index (χ0v) is 14.0. The fourth-order valence-corrected chi connectivity index (χ4v) is 2.18. The van der Waals surface area contributed by atoms with Crippen molar-refractivity contribution in [3.8, 4) is 17.2 Å². The highest BCUT2D eigenvalue weighted by Crippen LogP contribution is 2.39. The first-order valence-electron chi connectivity index (χ1n) is 7.20. The molecule has 0 aliphatic heterocycles. The monoisotopic (exact) mass is 346 g/mol. The fraction of sp³-hybridized carbons (Fsp3) is 0.176. The Balaban J connectivity index is 2.17. The molecule has 0 heterocycles. The van der Waals surface area contributed by atoms with Crippen molar-refractivity contribution in [2.75, 3.05) is 32.0 Å². The van der Waals surface area contributed by atoms with Crippen LogP contribution in [0.2, 0.25) is 0 Å². The van der Waals surface area contributed by atoms with E-state index in [-0.39, 0.29) is 5.56 Å². The minimum atomic E-state index is -1.08. The first-order chi connectivity index (χ1) is 12.0. The number of carboxylic acid groups (broad SMARTS) is 1. The summed E-state index contributed by atoms with van der Waals surface area (Å²) in [5.74, 6) is 0.119. The highest BCUT2D eigenvalue weighted by molar-refractivity contribution is 6.01. The van der Waals surface area contributed by atoms with Gasteiger partial charge in [0.1, 0.15) is 0 Å². The Hall–Kier alpha value is -3.42. The number of ether oxygens (including phenoxy) is 3. The number of carbonyl (C=O) groups excluding carboxylic acids is 1. The van der Waals surface area contributed by atoms with Crippen LogP contribution < -0.4 is 24.8 Å². The van der Waals surface area contributed by atoms with Gasteiger partial charge in [-0.2, -0.15) is 0 Å². The Morgan fingerprint density at radius 3 is 2.00 bits per heavy atom. The molecule has 132 valence electrons. The van der Waals surface area contributed by atoms with E-state index in [0.29, 0.717) is 28.6 Å². The summed E-state index contributed by atoms with van der Waals surface area (Å²) >= 11 is 0. The highest BCUT2D eigenvalue weighted by Gasteiger charge is 2.14. The topological polar surface area (TPSA) is 106 Å². The Bertz CT molecular complexity index is 765. The first kappa shape index (κ1) is 17.9. The maximum atomic E-state index is 12.1. The molecule has 0 spiro atoms. The summed E-state index contributed by atoms with van der Waals surface area (Å²) in [6.45, 7) is 0. The van der Waals surface area contributed by atoms with Crippen LogP contribution in [-0.4, -0.2) is 38.4 Å². The van der Waals surface area contributed by atoms with Crippen molar-refractivity contribution in [3.63, 3.8) is 0 Å². The van der Waals surface area contributed by atoms with E-state index in [1.165, 1.54) is 33.5 Å². The normalized spacial score (nSPS) is 9.88. The summed E-state index contributed by atoms with van der Waals surface area (Å²) in [4.78, 5) is 23.1. The van der Waals surface area contributed by atoms with E-state index in [2.05, 4.69) is 10.6 Å². The van der Waals surface area contributed by atoms with Crippen LogP contribution in [-0.2, 0) is 0 Å². The van der Waals surface area contributed by atoms with Crippen molar-refractivity contribution in [2.24, 2.45) is 0 Å². The molecular formula is C17H18N2O6. The van der Waals surface area contributed by atoms with Crippen LogP contribution in [0.25, 0.3) is 0 Å². The zero-order valence-electron chi connectivity index (χ0n) is 14.0. The molecule has 2 amide bonds. The van der Waals surface area contributed by atoms with Crippen molar-refractivity contribution in [3.05, 3.63) is 42.0 Å². The van der Waals surface area contributed by atoms with Crippen LogP contribution >= 0.6 is 0 Å². The molecule has 0 aliphatic carbocycles. The summed E-state index contributed by atoms with van der Waals surface area (Å²) in [6, 6.07) is 8.53. The number of rotatable bonds is 6. The third kappa shape index (κ3) is 4.31. The Kier molecular flexibility index (Phi) is 5.67. The van der Waals surface area contributed by atoms with E-state index in [9.17, 15) is 9.59 Å². The molecule has 0 radical (unpaired) electrons. The SMILES string of the molecule is COc1cc(NC(=O)Nc2cccc(C(=O)O)c2)cc(OC)c1OC. The second-order valence-corrected chi connectivity index (χ2v) is 4.88. The lowest BCUT2D eigenvalue weighted by Gasteiger charge is -2.15.